The third kappa shape index (κ3) is 5.02. The highest BCUT2D eigenvalue weighted by molar-refractivity contribution is 7.17. The van der Waals surface area contributed by atoms with Crippen LogP contribution >= 0.6 is 11.3 Å². The molecule has 1 fully saturated rings. The van der Waals surface area contributed by atoms with E-state index in [1.807, 2.05) is 54.5 Å². The van der Waals surface area contributed by atoms with Crippen molar-refractivity contribution in [2.75, 3.05) is 6.54 Å². The van der Waals surface area contributed by atoms with Gasteiger partial charge in [0.1, 0.15) is 5.60 Å². The number of carbonyl (C=O) groups excluding carboxylic acids is 1. The number of carbonyl (C=O) groups is 1. The molecular formula is C22H30BNO4S. The molecule has 0 aliphatic carbocycles. The highest BCUT2D eigenvalue weighted by Crippen LogP contribution is 2.39. The van der Waals surface area contributed by atoms with Crippen LogP contribution in [0.3, 0.4) is 0 Å². The van der Waals surface area contributed by atoms with E-state index in [0.717, 1.165) is 11.0 Å². The summed E-state index contributed by atoms with van der Waals surface area (Å²) in [6.07, 6.45) is 1.59. The van der Waals surface area contributed by atoms with Crippen LogP contribution in [-0.2, 0) is 14.0 Å². The van der Waals surface area contributed by atoms with Crippen molar-refractivity contribution in [2.45, 2.75) is 65.3 Å². The summed E-state index contributed by atoms with van der Waals surface area (Å²) in [5.41, 5.74) is 0.432. The van der Waals surface area contributed by atoms with Crippen LogP contribution in [0.4, 0.5) is 4.79 Å². The minimum Gasteiger partial charge on any atom is -0.444 e. The number of ether oxygens (including phenoxy) is 1. The zero-order valence-corrected chi connectivity index (χ0v) is 19.1. The first kappa shape index (κ1) is 21.9. The molecule has 0 radical (unpaired) electrons. The highest BCUT2D eigenvalue weighted by Gasteiger charge is 2.52. The molecule has 1 aromatic carbocycles. The zero-order chi connectivity index (χ0) is 21.4. The van der Waals surface area contributed by atoms with E-state index in [1.54, 1.807) is 11.3 Å². The van der Waals surface area contributed by atoms with Gasteiger partial charge in [0.25, 0.3) is 0 Å². The van der Waals surface area contributed by atoms with E-state index in [2.05, 4.69) is 35.0 Å². The lowest BCUT2D eigenvalue weighted by atomic mass is 9.76. The number of thiophene rings is 1. The van der Waals surface area contributed by atoms with Gasteiger partial charge in [0.15, 0.2) is 0 Å². The van der Waals surface area contributed by atoms with Crippen molar-refractivity contribution in [3.8, 4) is 0 Å². The molecule has 1 saturated heterocycles. The number of fused-ring (bicyclic) bond motifs is 1. The highest BCUT2D eigenvalue weighted by atomic mass is 32.1. The number of nitrogens with one attached hydrogen (secondary N) is 1. The van der Waals surface area contributed by atoms with Crippen molar-refractivity contribution in [3.63, 3.8) is 0 Å². The van der Waals surface area contributed by atoms with E-state index in [1.165, 1.54) is 10.1 Å². The van der Waals surface area contributed by atoms with Crippen molar-refractivity contribution in [2.24, 2.45) is 0 Å². The second-order valence-electron chi connectivity index (χ2n) is 9.34. The Hall–Kier alpha value is -1.83. The van der Waals surface area contributed by atoms with Gasteiger partial charge in [0.05, 0.1) is 11.2 Å². The molecule has 156 valence electrons. The van der Waals surface area contributed by atoms with Gasteiger partial charge < -0.3 is 19.4 Å². The molecule has 1 aliphatic heterocycles. The summed E-state index contributed by atoms with van der Waals surface area (Å²) >= 11 is 1.70. The lowest BCUT2D eigenvalue weighted by Gasteiger charge is -2.32. The van der Waals surface area contributed by atoms with Crippen LogP contribution in [-0.4, -0.2) is 36.6 Å². The van der Waals surface area contributed by atoms with Crippen LogP contribution in [0.5, 0.6) is 0 Å². The van der Waals surface area contributed by atoms with Crippen LogP contribution in [0.25, 0.3) is 16.2 Å². The molecule has 0 saturated carbocycles. The molecular weight excluding hydrogens is 385 g/mol. The molecule has 1 amide bonds. The van der Waals surface area contributed by atoms with Gasteiger partial charge in [-0.1, -0.05) is 18.2 Å². The summed E-state index contributed by atoms with van der Waals surface area (Å²) < 4.78 is 19.1. The Morgan fingerprint density at radius 3 is 2.45 bits per heavy atom. The van der Waals surface area contributed by atoms with E-state index in [4.69, 9.17) is 14.0 Å². The monoisotopic (exact) mass is 415 g/mol. The fraction of sp³-hybridized carbons (Fsp3) is 0.500. The van der Waals surface area contributed by atoms with Crippen LogP contribution in [0, 0.1) is 0 Å². The summed E-state index contributed by atoms with van der Waals surface area (Å²) in [5.74, 6) is 0. The van der Waals surface area contributed by atoms with Crippen molar-refractivity contribution >= 4 is 40.7 Å². The summed E-state index contributed by atoms with van der Waals surface area (Å²) in [4.78, 5) is 12.2. The second-order valence-corrected chi connectivity index (χ2v) is 10.3. The van der Waals surface area contributed by atoms with Gasteiger partial charge in [-0.3, -0.25) is 0 Å². The van der Waals surface area contributed by atoms with Gasteiger partial charge in [-0.2, -0.15) is 0 Å². The molecule has 0 bridgehead atoms. The fourth-order valence-corrected chi connectivity index (χ4v) is 3.85. The van der Waals surface area contributed by atoms with Gasteiger partial charge in [-0.25, -0.2) is 4.79 Å². The van der Waals surface area contributed by atoms with Gasteiger partial charge in [-0.15, -0.1) is 11.3 Å². The van der Waals surface area contributed by atoms with Crippen molar-refractivity contribution in [3.05, 3.63) is 40.7 Å². The van der Waals surface area contributed by atoms with Crippen LogP contribution in [0.15, 0.2) is 35.1 Å². The van der Waals surface area contributed by atoms with Crippen LogP contribution in [0.1, 0.15) is 54.0 Å². The Morgan fingerprint density at radius 1 is 1.17 bits per heavy atom. The molecule has 2 heterocycles. The maximum absolute atomic E-state index is 12.2. The minimum absolute atomic E-state index is 0.270. The first-order chi connectivity index (χ1) is 13.4. The van der Waals surface area contributed by atoms with Crippen molar-refractivity contribution in [1.29, 1.82) is 0 Å². The van der Waals surface area contributed by atoms with Crippen molar-refractivity contribution in [1.82, 2.24) is 5.32 Å². The summed E-state index contributed by atoms with van der Waals surface area (Å²) in [7, 11) is -0.552. The number of amides is 1. The van der Waals surface area contributed by atoms with E-state index >= 15 is 0 Å². The Morgan fingerprint density at radius 2 is 1.83 bits per heavy atom. The predicted molar refractivity (Wildman–Crippen MR) is 120 cm³/mol. The molecule has 1 aliphatic rings. The van der Waals surface area contributed by atoms with Gasteiger partial charge in [0, 0.05) is 11.2 Å². The average Bonchev–Trinajstić information content (AvgIpc) is 3.12. The predicted octanol–water partition coefficient (Wildman–Crippen LogP) is 5.44. The number of alkyl carbamates (subject to hydrolysis) is 1. The van der Waals surface area contributed by atoms with Gasteiger partial charge in [-0.05, 0) is 82.4 Å². The van der Waals surface area contributed by atoms with Gasteiger partial charge in [0.2, 0.25) is 0 Å². The number of benzene rings is 1. The molecule has 0 unspecified atom stereocenters. The molecule has 3 rings (SSSR count). The Kier molecular flexibility index (Phi) is 5.87. The normalized spacial score (nSPS) is 18.9. The molecule has 29 heavy (non-hydrogen) atoms. The first-order valence-corrected chi connectivity index (χ1v) is 10.8. The first-order valence-electron chi connectivity index (χ1n) is 9.87. The largest absolute Gasteiger partial charge is 0.492 e. The third-order valence-corrected chi connectivity index (χ3v) is 6.14. The number of hydrogen-bond donors (Lipinski definition) is 1. The molecule has 1 N–H and O–H groups in total. The van der Waals surface area contributed by atoms with Crippen LogP contribution < -0.4 is 5.32 Å². The number of rotatable bonds is 4. The Bertz CT molecular complexity index is 910. The Balaban J connectivity index is 1.90. The topological polar surface area (TPSA) is 56.8 Å². The van der Waals surface area contributed by atoms with E-state index in [0.29, 0.717) is 0 Å². The standard InChI is InChI=1S/C22H30BNO4S/c1-20(2,3)26-19(25)24-14-16(23-27-21(4,5)22(6,7)28-23)13-15-9-8-10-18-17(15)11-12-29-18/h8-13H,14H2,1-7H3,(H,24,25). The molecule has 7 heteroatoms. The lowest BCUT2D eigenvalue weighted by molar-refractivity contribution is 0.00578. The molecule has 0 spiro atoms. The second kappa shape index (κ2) is 7.78. The summed E-state index contributed by atoms with van der Waals surface area (Å²) in [6, 6.07) is 8.31. The average molecular weight is 415 g/mol. The third-order valence-electron chi connectivity index (χ3n) is 5.26. The summed E-state index contributed by atoms with van der Waals surface area (Å²) in [5, 5.41) is 6.10. The van der Waals surface area contributed by atoms with Crippen molar-refractivity contribution < 1.29 is 18.8 Å². The SMILES string of the molecule is CC(C)(C)OC(=O)NCC(=Cc1cccc2sccc12)B1OC(C)(C)C(C)(C)O1. The quantitative estimate of drug-likeness (QED) is 0.676. The van der Waals surface area contributed by atoms with E-state index in [9.17, 15) is 4.79 Å². The Labute approximate surface area is 177 Å². The van der Waals surface area contributed by atoms with E-state index < -0.39 is 30.0 Å². The van der Waals surface area contributed by atoms with Gasteiger partial charge >= 0.3 is 13.2 Å². The zero-order valence-electron chi connectivity index (χ0n) is 18.3. The maximum atomic E-state index is 12.2. The van der Waals surface area contributed by atoms with Crippen LogP contribution in [0.2, 0.25) is 0 Å². The fourth-order valence-electron chi connectivity index (χ4n) is 3.03. The summed E-state index contributed by atoms with van der Waals surface area (Å²) in [6.45, 7) is 13.9. The molecule has 5 nitrogen and oxygen atoms in total. The van der Waals surface area contributed by atoms with E-state index in [-0.39, 0.29) is 6.54 Å². The molecule has 0 atom stereocenters. The number of hydrogen-bond acceptors (Lipinski definition) is 5. The molecule has 2 aromatic rings. The smallest absolute Gasteiger partial charge is 0.444 e. The molecule has 1 aromatic heterocycles. The minimum atomic E-state index is -0.555. The lowest BCUT2D eigenvalue weighted by Crippen LogP contribution is -2.41. The maximum Gasteiger partial charge on any atom is 0.492 e.